The first-order valence-electron chi connectivity index (χ1n) is 8.10. The molecule has 0 bridgehead atoms. The van der Waals surface area contributed by atoms with Crippen LogP contribution < -0.4 is 11.1 Å². The maximum atomic E-state index is 11.8. The number of carbonyl (C=O) groups is 1. The van der Waals surface area contributed by atoms with Crippen molar-refractivity contribution in [3.63, 3.8) is 0 Å². The lowest BCUT2D eigenvalue weighted by Crippen LogP contribution is -2.58. The molecule has 0 aliphatic carbocycles. The van der Waals surface area contributed by atoms with Gasteiger partial charge in [0, 0.05) is 25.2 Å². The summed E-state index contributed by atoms with van der Waals surface area (Å²) < 4.78 is 5.54. The van der Waals surface area contributed by atoms with E-state index in [1.807, 2.05) is 20.8 Å². The highest BCUT2D eigenvalue weighted by Gasteiger charge is 2.34. The zero-order valence-corrected chi connectivity index (χ0v) is 14.3. The molecule has 0 aromatic carbocycles. The lowest BCUT2D eigenvalue weighted by molar-refractivity contribution is -0.124. The van der Waals surface area contributed by atoms with Crippen molar-refractivity contribution in [1.82, 2.24) is 10.2 Å². The minimum Gasteiger partial charge on any atom is -0.381 e. The van der Waals surface area contributed by atoms with E-state index in [0.29, 0.717) is 12.3 Å². The summed E-state index contributed by atoms with van der Waals surface area (Å²) in [5.74, 6) is 0.321. The number of nitrogens with zero attached hydrogens (tertiary/aromatic N) is 1. The van der Waals surface area contributed by atoms with Crippen molar-refractivity contribution in [3.8, 4) is 0 Å². The van der Waals surface area contributed by atoms with E-state index in [2.05, 4.69) is 24.2 Å². The molecule has 5 nitrogen and oxygen atoms in total. The minimum absolute atomic E-state index is 0.228. The maximum Gasteiger partial charge on any atom is 0.237 e. The van der Waals surface area contributed by atoms with Crippen LogP contribution in [0.15, 0.2) is 0 Å². The summed E-state index contributed by atoms with van der Waals surface area (Å²) in [6, 6.07) is 0.516. The Hall–Kier alpha value is -0.650. The molecule has 0 radical (unpaired) electrons. The van der Waals surface area contributed by atoms with Gasteiger partial charge >= 0.3 is 0 Å². The number of amides is 1. The van der Waals surface area contributed by atoms with Crippen molar-refractivity contribution in [2.75, 3.05) is 26.8 Å². The molecule has 0 aromatic rings. The lowest BCUT2D eigenvalue weighted by atomic mass is 9.90. The average Bonchev–Trinajstić information content (AvgIpc) is 2.38. The number of hydrogen-bond acceptors (Lipinski definition) is 4. The third kappa shape index (κ3) is 5.93. The number of carbonyl (C=O) groups excluding carboxylic acids is 1. The molecule has 1 aliphatic rings. The van der Waals surface area contributed by atoms with Crippen LogP contribution in [-0.2, 0) is 9.53 Å². The predicted octanol–water partition coefficient (Wildman–Crippen LogP) is 1.37. The summed E-state index contributed by atoms with van der Waals surface area (Å²) in [7, 11) is 2.12. The molecule has 124 valence electrons. The Bertz CT molecular complexity index is 329. The second kappa shape index (κ2) is 8.11. The second-order valence-electron chi connectivity index (χ2n) is 7.07. The monoisotopic (exact) mass is 299 g/mol. The molecule has 0 saturated carbocycles. The van der Waals surface area contributed by atoms with Crippen LogP contribution >= 0.6 is 0 Å². The maximum absolute atomic E-state index is 11.8. The predicted molar refractivity (Wildman–Crippen MR) is 86.1 cm³/mol. The first-order valence-corrected chi connectivity index (χ1v) is 8.10. The van der Waals surface area contributed by atoms with Gasteiger partial charge in [0.15, 0.2) is 0 Å². The Morgan fingerprint density at radius 3 is 2.62 bits per heavy atom. The summed E-state index contributed by atoms with van der Waals surface area (Å²) in [5, 5.41) is 3.32. The normalized spacial score (nSPS) is 24.0. The summed E-state index contributed by atoms with van der Waals surface area (Å²) in [4.78, 5) is 14.1. The van der Waals surface area contributed by atoms with Gasteiger partial charge in [-0.3, -0.25) is 4.79 Å². The molecule has 3 unspecified atom stereocenters. The van der Waals surface area contributed by atoms with Gasteiger partial charge in [0.2, 0.25) is 5.91 Å². The molecule has 3 N–H and O–H groups in total. The molecule has 21 heavy (non-hydrogen) atoms. The fourth-order valence-electron chi connectivity index (χ4n) is 3.15. The Balaban J connectivity index is 2.55. The lowest BCUT2D eigenvalue weighted by Gasteiger charge is -2.37. The van der Waals surface area contributed by atoms with Crippen molar-refractivity contribution < 1.29 is 9.53 Å². The smallest absolute Gasteiger partial charge is 0.237 e. The van der Waals surface area contributed by atoms with Gasteiger partial charge in [-0.15, -0.1) is 0 Å². The number of ether oxygens (including phenoxy) is 1. The molecule has 1 rings (SSSR count). The van der Waals surface area contributed by atoms with Gasteiger partial charge in [0.05, 0.1) is 12.1 Å². The third-order valence-corrected chi connectivity index (χ3v) is 4.41. The van der Waals surface area contributed by atoms with Gasteiger partial charge in [-0.2, -0.15) is 0 Å². The minimum atomic E-state index is -0.662. The van der Waals surface area contributed by atoms with Gasteiger partial charge in [-0.05, 0) is 59.9 Å². The molecule has 5 heteroatoms. The van der Waals surface area contributed by atoms with Crippen LogP contribution in [0.25, 0.3) is 0 Å². The largest absolute Gasteiger partial charge is 0.381 e. The van der Waals surface area contributed by atoms with E-state index < -0.39 is 5.54 Å². The SMILES string of the molecule is CC(C)NC(C)(CC(C)N(C)CC1CCCOC1)C(N)=O. The highest BCUT2D eigenvalue weighted by Crippen LogP contribution is 2.20. The molecule has 0 spiro atoms. The van der Waals surface area contributed by atoms with Crippen molar-refractivity contribution in [3.05, 3.63) is 0 Å². The Morgan fingerprint density at radius 2 is 2.14 bits per heavy atom. The zero-order valence-electron chi connectivity index (χ0n) is 14.3. The number of nitrogens with two attached hydrogens (primary N) is 1. The molecule has 1 heterocycles. The van der Waals surface area contributed by atoms with Crippen molar-refractivity contribution in [2.45, 2.75) is 64.6 Å². The Labute approximate surface area is 129 Å². The van der Waals surface area contributed by atoms with Crippen LogP contribution in [0.1, 0.15) is 47.0 Å². The number of hydrogen-bond donors (Lipinski definition) is 2. The third-order valence-electron chi connectivity index (χ3n) is 4.41. The first kappa shape index (κ1) is 18.4. The van der Waals surface area contributed by atoms with Crippen molar-refractivity contribution in [2.24, 2.45) is 11.7 Å². The van der Waals surface area contributed by atoms with Crippen molar-refractivity contribution in [1.29, 1.82) is 0 Å². The van der Waals surface area contributed by atoms with E-state index in [0.717, 1.165) is 26.2 Å². The van der Waals surface area contributed by atoms with Crippen LogP contribution in [-0.4, -0.2) is 55.2 Å². The summed E-state index contributed by atoms with van der Waals surface area (Å²) in [6.07, 6.45) is 3.10. The molecule has 1 amide bonds. The fourth-order valence-corrected chi connectivity index (χ4v) is 3.15. The zero-order chi connectivity index (χ0) is 16.0. The second-order valence-corrected chi connectivity index (χ2v) is 7.07. The average molecular weight is 299 g/mol. The topological polar surface area (TPSA) is 67.6 Å². The summed E-state index contributed by atoms with van der Waals surface area (Å²) in [5.41, 5.74) is 4.95. The highest BCUT2D eigenvalue weighted by atomic mass is 16.5. The van der Waals surface area contributed by atoms with Crippen LogP contribution in [0.5, 0.6) is 0 Å². The van der Waals surface area contributed by atoms with Crippen LogP contribution in [0.2, 0.25) is 0 Å². The van der Waals surface area contributed by atoms with E-state index in [1.165, 1.54) is 6.42 Å². The highest BCUT2D eigenvalue weighted by molar-refractivity contribution is 5.84. The summed E-state index contributed by atoms with van der Waals surface area (Å²) >= 11 is 0. The number of primary amides is 1. The van der Waals surface area contributed by atoms with Gasteiger partial charge in [0.1, 0.15) is 0 Å². The molecule has 1 fully saturated rings. The standard InChI is InChI=1S/C16H33N3O2/c1-12(2)18-16(4,15(17)20)9-13(3)19(5)10-14-7-6-8-21-11-14/h12-14,18H,6-11H2,1-5H3,(H2,17,20). The first-order chi connectivity index (χ1) is 9.74. The molecule has 1 saturated heterocycles. The van der Waals surface area contributed by atoms with Gasteiger partial charge in [-0.25, -0.2) is 0 Å². The molecule has 0 aromatic heterocycles. The van der Waals surface area contributed by atoms with E-state index >= 15 is 0 Å². The van der Waals surface area contributed by atoms with Crippen LogP contribution in [0.4, 0.5) is 0 Å². The van der Waals surface area contributed by atoms with E-state index in [9.17, 15) is 4.79 Å². The van der Waals surface area contributed by atoms with E-state index in [1.54, 1.807) is 0 Å². The summed E-state index contributed by atoms with van der Waals surface area (Å²) in [6.45, 7) is 10.9. The van der Waals surface area contributed by atoms with Crippen molar-refractivity contribution >= 4 is 5.91 Å². The Morgan fingerprint density at radius 1 is 1.48 bits per heavy atom. The van der Waals surface area contributed by atoms with E-state index in [4.69, 9.17) is 10.5 Å². The molecule has 1 aliphatic heterocycles. The number of rotatable bonds is 8. The Kier molecular flexibility index (Phi) is 7.10. The van der Waals surface area contributed by atoms with Gasteiger partial charge < -0.3 is 20.7 Å². The molecular weight excluding hydrogens is 266 g/mol. The van der Waals surface area contributed by atoms with Gasteiger partial charge in [-0.1, -0.05) is 0 Å². The van der Waals surface area contributed by atoms with Gasteiger partial charge in [0.25, 0.3) is 0 Å². The number of nitrogens with one attached hydrogen (secondary N) is 1. The molecular formula is C16H33N3O2. The van der Waals surface area contributed by atoms with Crippen LogP contribution in [0, 0.1) is 5.92 Å². The van der Waals surface area contributed by atoms with Crippen LogP contribution in [0.3, 0.4) is 0 Å². The van der Waals surface area contributed by atoms with E-state index in [-0.39, 0.29) is 18.0 Å². The molecule has 3 atom stereocenters. The fraction of sp³-hybridized carbons (Fsp3) is 0.938. The quantitative estimate of drug-likeness (QED) is 0.710.